The van der Waals surface area contributed by atoms with Crippen molar-refractivity contribution in [1.29, 1.82) is 0 Å². The Morgan fingerprint density at radius 2 is 1.00 bits per heavy atom. The van der Waals surface area contributed by atoms with E-state index >= 15 is 0 Å². The summed E-state index contributed by atoms with van der Waals surface area (Å²) in [5, 5.41) is 0. The third-order valence-electron chi connectivity index (χ3n) is 4.95. The number of hydrogen-bond acceptors (Lipinski definition) is 4. The highest BCUT2D eigenvalue weighted by Crippen LogP contribution is 2.13. The van der Waals surface area contributed by atoms with Crippen LogP contribution in [0.1, 0.15) is 124 Å². The Labute approximate surface area is 179 Å². The van der Waals surface area contributed by atoms with Crippen LogP contribution in [0.25, 0.3) is 0 Å². The van der Waals surface area contributed by atoms with E-state index < -0.39 is 11.9 Å². The van der Waals surface area contributed by atoms with Crippen LogP contribution in [0.3, 0.4) is 0 Å². The Hall–Kier alpha value is -1.32. The second-order valence-electron chi connectivity index (χ2n) is 8.29. The van der Waals surface area contributed by atoms with Gasteiger partial charge in [0.25, 0.3) is 0 Å². The molecule has 0 amide bonds. The summed E-state index contributed by atoms with van der Waals surface area (Å²) in [6.07, 6.45) is 23.2. The van der Waals surface area contributed by atoms with Crippen LogP contribution in [0.2, 0.25) is 0 Å². The van der Waals surface area contributed by atoms with Gasteiger partial charge < -0.3 is 9.47 Å². The van der Waals surface area contributed by atoms with E-state index in [-0.39, 0.29) is 6.10 Å². The molecule has 0 spiro atoms. The molecule has 0 heterocycles. The normalized spacial score (nSPS) is 11.3. The molecule has 0 aliphatic heterocycles. The summed E-state index contributed by atoms with van der Waals surface area (Å²) < 4.78 is 9.99. The molecule has 0 aromatic heterocycles. The van der Waals surface area contributed by atoms with E-state index in [1.165, 1.54) is 89.9 Å². The Kier molecular flexibility index (Phi) is 20.4. The van der Waals surface area contributed by atoms with Crippen LogP contribution in [0.15, 0.2) is 12.2 Å². The average Bonchev–Trinajstić information content (AvgIpc) is 2.68. The highest BCUT2D eigenvalue weighted by molar-refractivity contribution is 5.91. The predicted octanol–water partition coefficient (Wildman–Crippen LogP) is 7.30. The zero-order chi connectivity index (χ0) is 21.6. The third kappa shape index (κ3) is 22.8. The van der Waals surface area contributed by atoms with Crippen molar-refractivity contribution in [2.75, 3.05) is 6.61 Å². The smallest absolute Gasteiger partial charge is 0.331 e. The lowest BCUT2D eigenvalue weighted by Gasteiger charge is -2.05. The molecular formula is C25H46O4. The van der Waals surface area contributed by atoms with Crippen molar-refractivity contribution in [2.24, 2.45) is 0 Å². The molecule has 4 nitrogen and oxygen atoms in total. The lowest BCUT2D eigenvalue weighted by atomic mass is 10.0. The molecular weight excluding hydrogens is 364 g/mol. The van der Waals surface area contributed by atoms with Gasteiger partial charge in [0.05, 0.1) is 12.7 Å². The molecule has 0 aromatic carbocycles. The Bertz CT molecular complexity index is 415. The molecule has 0 radical (unpaired) electrons. The predicted molar refractivity (Wildman–Crippen MR) is 121 cm³/mol. The summed E-state index contributed by atoms with van der Waals surface area (Å²) >= 11 is 0. The minimum absolute atomic E-state index is 0.187. The molecule has 0 aliphatic rings. The van der Waals surface area contributed by atoms with Gasteiger partial charge in [-0.05, 0) is 20.3 Å². The van der Waals surface area contributed by atoms with Crippen LogP contribution in [-0.2, 0) is 19.1 Å². The maximum atomic E-state index is 11.5. The minimum atomic E-state index is -0.514. The Balaban J connectivity index is 3.26. The Morgan fingerprint density at radius 1 is 0.621 bits per heavy atom. The summed E-state index contributed by atoms with van der Waals surface area (Å²) in [6.45, 7) is 6.22. The van der Waals surface area contributed by atoms with Gasteiger partial charge in [-0.2, -0.15) is 0 Å². The zero-order valence-electron chi connectivity index (χ0n) is 19.4. The second kappa shape index (κ2) is 21.4. The first kappa shape index (κ1) is 27.7. The SMILES string of the molecule is CCCCCCCCCCCCCCCCCCOC(=O)/C=C/C(=O)OC(C)C. The van der Waals surface area contributed by atoms with Gasteiger partial charge in [-0.15, -0.1) is 0 Å². The summed E-state index contributed by atoms with van der Waals surface area (Å²) in [4.78, 5) is 22.8. The van der Waals surface area contributed by atoms with Crippen LogP contribution in [0.5, 0.6) is 0 Å². The molecule has 0 saturated carbocycles. The number of unbranched alkanes of at least 4 members (excludes halogenated alkanes) is 15. The molecule has 0 fully saturated rings. The summed E-state index contributed by atoms with van der Waals surface area (Å²) in [5.74, 6) is -0.994. The number of carbonyl (C=O) groups excluding carboxylic acids is 2. The molecule has 0 N–H and O–H groups in total. The van der Waals surface area contributed by atoms with Crippen molar-refractivity contribution >= 4 is 11.9 Å². The van der Waals surface area contributed by atoms with Crippen molar-refractivity contribution < 1.29 is 19.1 Å². The van der Waals surface area contributed by atoms with Crippen LogP contribution < -0.4 is 0 Å². The molecule has 0 atom stereocenters. The van der Waals surface area contributed by atoms with Gasteiger partial charge in [-0.25, -0.2) is 9.59 Å². The van der Waals surface area contributed by atoms with Crippen LogP contribution >= 0.6 is 0 Å². The molecule has 0 saturated heterocycles. The van der Waals surface area contributed by atoms with Gasteiger partial charge in [0.1, 0.15) is 0 Å². The third-order valence-corrected chi connectivity index (χ3v) is 4.95. The number of esters is 2. The Morgan fingerprint density at radius 3 is 1.41 bits per heavy atom. The first-order valence-electron chi connectivity index (χ1n) is 12.1. The number of hydrogen-bond donors (Lipinski definition) is 0. The van der Waals surface area contributed by atoms with E-state index in [1.54, 1.807) is 13.8 Å². The quantitative estimate of drug-likeness (QED) is 0.120. The van der Waals surface area contributed by atoms with Gasteiger partial charge >= 0.3 is 11.9 Å². The highest BCUT2D eigenvalue weighted by atomic mass is 16.5. The zero-order valence-corrected chi connectivity index (χ0v) is 19.4. The highest BCUT2D eigenvalue weighted by Gasteiger charge is 2.03. The topological polar surface area (TPSA) is 52.6 Å². The van der Waals surface area contributed by atoms with Crippen molar-refractivity contribution in [2.45, 2.75) is 130 Å². The van der Waals surface area contributed by atoms with E-state index in [9.17, 15) is 9.59 Å². The standard InChI is InChI=1S/C25H46O4/c1-4-5-6-7-8-9-10-11-12-13-14-15-16-17-18-19-22-28-24(26)20-21-25(27)29-23(2)3/h20-21,23H,4-19,22H2,1-3H3/b21-20+. The second-order valence-corrected chi connectivity index (χ2v) is 8.29. The largest absolute Gasteiger partial charge is 0.463 e. The van der Waals surface area contributed by atoms with E-state index in [0.717, 1.165) is 25.0 Å². The van der Waals surface area contributed by atoms with E-state index in [0.29, 0.717) is 6.61 Å². The van der Waals surface area contributed by atoms with Crippen molar-refractivity contribution in [3.63, 3.8) is 0 Å². The van der Waals surface area contributed by atoms with Gasteiger partial charge in [-0.1, -0.05) is 103 Å². The van der Waals surface area contributed by atoms with Gasteiger partial charge in [0.15, 0.2) is 0 Å². The molecule has 29 heavy (non-hydrogen) atoms. The molecule has 4 heteroatoms. The molecule has 0 bridgehead atoms. The number of rotatable bonds is 20. The van der Waals surface area contributed by atoms with E-state index in [1.807, 2.05) is 0 Å². The fourth-order valence-corrected chi connectivity index (χ4v) is 3.28. The number of ether oxygens (including phenoxy) is 2. The van der Waals surface area contributed by atoms with Gasteiger partial charge in [0.2, 0.25) is 0 Å². The van der Waals surface area contributed by atoms with E-state index in [4.69, 9.17) is 9.47 Å². The lowest BCUT2D eigenvalue weighted by molar-refractivity contribution is -0.142. The minimum Gasteiger partial charge on any atom is -0.463 e. The van der Waals surface area contributed by atoms with E-state index in [2.05, 4.69) is 6.92 Å². The first-order valence-corrected chi connectivity index (χ1v) is 12.1. The fraction of sp³-hybridized carbons (Fsp3) is 0.840. The van der Waals surface area contributed by atoms with Gasteiger partial charge in [0, 0.05) is 12.2 Å². The maximum absolute atomic E-state index is 11.5. The maximum Gasteiger partial charge on any atom is 0.331 e. The van der Waals surface area contributed by atoms with Crippen molar-refractivity contribution in [3.8, 4) is 0 Å². The summed E-state index contributed by atoms with van der Waals surface area (Å²) in [5.41, 5.74) is 0. The first-order chi connectivity index (χ1) is 14.1. The van der Waals surface area contributed by atoms with Crippen LogP contribution in [0, 0.1) is 0 Å². The van der Waals surface area contributed by atoms with Gasteiger partial charge in [-0.3, -0.25) is 0 Å². The van der Waals surface area contributed by atoms with Crippen molar-refractivity contribution in [1.82, 2.24) is 0 Å². The fourth-order valence-electron chi connectivity index (χ4n) is 3.28. The van der Waals surface area contributed by atoms with Crippen LogP contribution in [0.4, 0.5) is 0 Å². The van der Waals surface area contributed by atoms with Crippen LogP contribution in [-0.4, -0.2) is 24.6 Å². The van der Waals surface area contributed by atoms with Crippen molar-refractivity contribution in [3.05, 3.63) is 12.2 Å². The molecule has 0 aliphatic carbocycles. The number of carbonyl (C=O) groups is 2. The summed E-state index contributed by atoms with van der Waals surface area (Å²) in [7, 11) is 0. The molecule has 0 unspecified atom stereocenters. The average molecular weight is 411 g/mol. The molecule has 0 aromatic rings. The summed E-state index contributed by atoms with van der Waals surface area (Å²) in [6, 6.07) is 0. The molecule has 0 rings (SSSR count). The molecule has 170 valence electrons. The monoisotopic (exact) mass is 410 g/mol. The lowest BCUT2D eigenvalue weighted by Crippen LogP contribution is -2.09.